The molecule has 0 saturated carbocycles. The number of hydrogen-bond acceptors (Lipinski definition) is 2. The van der Waals surface area contributed by atoms with Crippen LogP contribution in [0.3, 0.4) is 0 Å². The molecule has 59 heavy (non-hydrogen) atoms. The molecule has 0 atom stereocenters. The van der Waals surface area contributed by atoms with Crippen molar-refractivity contribution in [3.8, 4) is 33.8 Å². The molecule has 0 N–H and O–H groups in total. The van der Waals surface area contributed by atoms with E-state index in [2.05, 4.69) is 0 Å². The van der Waals surface area contributed by atoms with E-state index in [0.29, 0.717) is 0 Å². The molecule has 7 rings (SSSR count). The first kappa shape index (κ1) is 41.0. The van der Waals surface area contributed by atoms with Crippen molar-refractivity contribution >= 4 is 23.4 Å². The third kappa shape index (κ3) is 5.64. The fourth-order valence-corrected chi connectivity index (χ4v) is 6.31. The summed E-state index contributed by atoms with van der Waals surface area (Å²) in [6.07, 6.45) is 0. The predicted molar refractivity (Wildman–Crippen MR) is 157 cm³/mol. The molecule has 0 saturated heterocycles. The molecule has 6 aromatic rings. The Labute approximate surface area is 310 Å². The zero-order chi connectivity index (χ0) is 43.6. The highest BCUT2D eigenvalue weighted by Crippen LogP contribution is 2.58. The molecule has 2 nitrogen and oxygen atoms in total. The topological polar surface area (TPSA) is 18.5 Å². The summed E-state index contributed by atoms with van der Waals surface area (Å²) in [6.45, 7) is 0. The van der Waals surface area contributed by atoms with E-state index in [9.17, 15) is 48.3 Å². The SMILES string of the molecule is Fc1cc(F)c2c(F)ccc(OB(Oc3c(F)c(F)c(F)c4c3C(F)(F)c3c(F)c(F)c(F)c(F)c3-4)c3c(F)c(F)c(F)c(F)c3-c3c(F)c(F)c(F)c(F)c3F)c2c1. The average molecular weight is 866 g/mol. The van der Waals surface area contributed by atoms with Crippen LogP contribution in [0.4, 0.5) is 92.2 Å². The van der Waals surface area contributed by atoms with E-state index in [1.807, 2.05) is 0 Å². The van der Waals surface area contributed by atoms with Crippen molar-refractivity contribution in [2.45, 2.75) is 5.92 Å². The fourth-order valence-electron chi connectivity index (χ4n) is 6.31. The molecule has 306 valence electrons. The summed E-state index contributed by atoms with van der Waals surface area (Å²) in [5, 5.41) is -2.61. The number of alkyl halides is 2. The van der Waals surface area contributed by atoms with Crippen molar-refractivity contribution in [2.24, 2.45) is 0 Å². The summed E-state index contributed by atoms with van der Waals surface area (Å²) in [5.41, 5.74) is -18.5. The van der Waals surface area contributed by atoms with E-state index in [4.69, 9.17) is 9.31 Å². The van der Waals surface area contributed by atoms with E-state index >= 15 is 43.9 Å². The van der Waals surface area contributed by atoms with Crippen LogP contribution < -0.4 is 14.8 Å². The van der Waals surface area contributed by atoms with Crippen LogP contribution in [0, 0.1) is 111 Å². The Kier molecular flexibility index (Phi) is 9.50. The Hall–Kier alpha value is -6.23. The molecule has 0 aromatic heterocycles. The van der Waals surface area contributed by atoms with Gasteiger partial charge in [-0.25, -0.2) is 79.0 Å². The minimum Gasteiger partial charge on any atom is -0.521 e. The average Bonchev–Trinajstić information content (AvgIpc) is 3.43. The molecule has 0 fully saturated rings. The van der Waals surface area contributed by atoms with Gasteiger partial charge in [0, 0.05) is 28.1 Å². The van der Waals surface area contributed by atoms with Crippen LogP contribution in [-0.2, 0) is 5.92 Å². The Morgan fingerprint density at radius 3 is 1.39 bits per heavy atom. The maximum absolute atomic E-state index is 16.0. The molecular weight excluding hydrogens is 862 g/mol. The Bertz CT molecular complexity index is 2850. The molecule has 0 amide bonds. The van der Waals surface area contributed by atoms with Gasteiger partial charge in [0.25, 0.3) is 0 Å². The predicted octanol–water partition coefficient (Wildman–Crippen LogP) is 11.1. The van der Waals surface area contributed by atoms with Gasteiger partial charge in [0.2, 0.25) is 11.6 Å². The highest BCUT2D eigenvalue weighted by Gasteiger charge is 2.56. The smallest absolute Gasteiger partial charge is 0.521 e. The van der Waals surface area contributed by atoms with E-state index in [-0.39, 0.29) is 24.3 Å². The normalized spacial score (nSPS) is 13.0. The van der Waals surface area contributed by atoms with E-state index < -0.39 is 185 Å². The van der Waals surface area contributed by atoms with Crippen LogP contribution in [0.15, 0.2) is 24.3 Å². The molecule has 0 spiro atoms. The second-order valence-corrected chi connectivity index (χ2v) is 12.0. The minimum absolute atomic E-state index is 0.00148. The second kappa shape index (κ2) is 13.7. The fraction of sp³-hybridized carbons (Fsp3) is 0.0286. The number of halogens is 21. The lowest BCUT2D eigenvalue weighted by molar-refractivity contribution is 0.0404. The molecule has 0 unspecified atom stereocenters. The van der Waals surface area contributed by atoms with Gasteiger partial charge < -0.3 is 9.31 Å². The van der Waals surface area contributed by atoms with Crippen molar-refractivity contribution in [1.29, 1.82) is 0 Å². The summed E-state index contributed by atoms with van der Waals surface area (Å²) < 4.78 is 325. The van der Waals surface area contributed by atoms with Crippen LogP contribution >= 0.6 is 0 Å². The van der Waals surface area contributed by atoms with Crippen molar-refractivity contribution in [1.82, 2.24) is 0 Å². The third-order valence-electron chi connectivity index (χ3n) is 8.82. The number of fused-ring (bicyclic) bond motifs is 4. The van der Waals surface area contributed by atoms with Gasteiger partial charge in [-0.1, -0.05) is 0 Å². The van der Waals surface area contributed by atoms with Crippen molar-refractivity contribution < 1.29 is 102 Å². The summed E-state index contributed by atoms with van der Waals surface area (Å²) in [6, 6.07) is 0.485. The van der Waals surface area contributed by atoms with Crippen LogP contribution in [0.1, 0.15) is 11.1 Å². The van der Waals surface area contributed by atoms with Crippen molar-refractivity contribution in [3.05, 3.63) is 146 Å². The lowest BCUT2D eigenvalue weighted by Gasteiger charge is -2.25. The molecule has 0 bridgehead atoms. The van der Waals surface area contributed by atoms with Gasteiger partial charge in [-0.3, -0.25) is 0 Å². The van der Waals surface area contributed by atoms with Crippen LogP contribution in [0.5, 0.6) is 11.5 Å². The largest absolute Gasteiger partial charge is 0.636 e. The van der Waals surface area contributed by atoms with E-state index in [1.165, 1.54) is 0 Å². The summed E-state index contributed by atoms with van der Waals surface area (Å²) >= 11 is 0. The van der Waals surface area contributed by atoms with Gasteiger partial charge in [-0.05, 0) is 18.2 Å². The van der Waals surface area contributed by atoms with Crippen molar-refractivity contribution in [2.75, 3.05) is 0 Å². The molecular formula is C35H4BF21O2. The van der Waals surface area contributed by atoms with Crippen LogP contribution in [-0.4, -0.2) is 7.12 Å². The van der Waals surface area contributed by atoms with Gasteiger partial charge in [-0.15, -0.1) is 0 Å². The maximum atomic E-state index is 16.0. The Morgan fingerprint density at radius 2 is 0.831 bits per heavy atom. The number of benzene rings is 6. The quantitative estimate of drug-likeness (QED) is 0.0719. The van der Waals surface area contributed by atoms with Gasteiger partial charge in [0.15, 0.2) is 87.2 Å². The molecule has 6 aromatic carbocycles. The van der Waals surface area contributed by atoms with Gasteiger partial charge >= 0.3 is 13.0 Å². The second-order valence-electron chi connectivity index (χ2n) is 12.0. The molecule has 0 heterocycles. The standard InChI is InChI=1S/C35H4BF21O2/c37-5-3-6-9(2-1-7(38)10(6)8(39)4-5)58-36(17-13(20(42)26(48)31(53)24(17)46)14-21(43)27(49)32(54)28(50)22(14)44)59-34-16-12(19(41)29(51)33(34)55)11-15(35(16,56)57)23(45)30(52)25(47)18(11)40/h1-4H. The first-order valence-electron chi connectivity index (χ1n) is 15.2. The van der Waals surface area contributed by atoms with E-state index in [0.717, 1.165) is 0 Å². The third-order valence-corrected chi connectivity index (χ3v) is 8.82. The van der Waals surface area contributed by atoms with Crippen LogP contribution in [0.2, 0.25) is 0 Å². The number of rotatable bonds is 6. The highest BCUT2D eigenvalue weighted by atomic mass is 19.3. The minimum atomic E-state index is -5.68. The lowest BCUT2D eigenvalue weighted by atomic mass is 9.72. The van der Waals surface area contributed by atoms with E-state index in [1.54, 1.807) is 0 Å². The van der Waals surface area contributed by atoms with Gasteiger partial charge in [0.1, 0.15) is 23.2 Å². The zero-order valence-electron chi connectivity index (χ0n) is 27.1. The summed E-state index contributed by atoms with van der Waals surface area (Å²) in [4.78, 5) is 0. The summed E-state index contributed by atoms with van der Waals surface area (Å²) in [5.74, 6) is -64.5. The molecule has 1 aliphatic rings. The molecule has 1 aliphatic carbocycles. The van der Waals surface area contributed by atoms with Crippen LogP contribution in [0.25, 0.3) is 33.0 Å². The first-order valence-corrected chi connectivity index (χ1v) is 15.2. The maximum Gasteiger partial charge on any atom is 0.636 e. The highest BCUT2D eigenvalue weighted by molar-refractivity contribution is 6.64. The molecule has 0 radical (unpaired) electrons. The first-order chi connectivity index (χ1) is 27.5. The zero-order valence-corrected chi connectivity index (χ0v) is 27.1. The molecule has 24 heteroatoms. The Balaban J connectivity index is 1.63. The Morgan fingerprint density at radius 1 is 0.390 bits per heavy atom. The van der Waals surface area contributed by atoms with Gasteiger partial charge in [0.05, 0.1) is 27.5 Å². The van der Waals surface area contributed by atoms with Crippen molar-refractivity contribution in [3.63, 3.8) is 0 Å². The lowest BCUT2D eigenvalue weighted by Crippen LogP contribution is -2.47. The molecule has 0 aliphatic heterocycles. The number of hydrogen-bond donors (Lipinski definition) is 0. The van der Waals surface area contributed by atoms with Gasteiger partial charge in [-0.2, -0.15) is 13.2 Å². The monoisotopic (exact) mass is 866 g/mol. The summed E-state index contributed by atoms with van der Waals surface area (Å²) in [7, 11) is -4.02.